The predicted molar refractivity (Wildman–Crippen MR) is 300 cm³/mol. The lowest BCUT2D eigenvalue weighted by Gasteiger charge is -2.43. The lowest BCUT2D eigenvalue weighted by Crippen LogP contribution is -2.62. The van der Waals surface area contributed by atoms with E-state index in [1.165, 1.54) is 66.9 Å². The average molecular weight is 928 g/mol. The van der Waals surface area contributed by atoms with Gasteiger partial charge in [0.2, 0.25) is 11.8 Å². The monoisotopic (exact) mass is 928 g/mol. The summed E-state index contributed by atoms with van der Waals surface area (Å²) >= 11 is 0. The maximum Gasteiger partial charge on any atom is 0.279 e. The van der Waals surface area contributed by atoms with E-state index < -0.39 is 0 Å². The molecule has 0 unspecified atom stereocenters. The van der Waals surface area contributed by atoms with Crippen LogP contribution in [-0.2, 0) is 32.5 Å². The van der Waals surface area contributed by atoms with Crippen molar-refractivity contribution in [2.45, 2.75) is 164 Å². The van der Waals surface area contributed by atoms with Crippen molar-refractivity contribution in [3.8, 4) is 11.5 Å². The average Bonchev–Trinajstić information content (AvgIpc) is 3.85. The Morgan fingerprint density at radius 3 is 1.37 bits per heavy atom. The highest BCUT2D eigenvalue weighted by Gasteiger charge is 2.48. The summed E-state index contributed by atoms with van der Waals surface area (Å²) in [6.07, 6.45) is 0. The molecule has 6 heteroatoms. The summed E-state index contributed by atoms with van der Waals surface area (Å²) in [6.45, 7) is 43.7. The van der Waals surface area contributed by atoms with Gasteiger partial charge in [-0.15, -0.1) is 0 Å². The first kappa shape index (κ1) is 47.7. The largest absolute Gasteiger partial charge is 0.456 e. The molecule has 0 bridgehead atoms. The van der Waals surface area contributed by atoms with E-state index in [0.29, 0.717) is 5.89 Å². The van der Waals surface area contributed by atoms with Crippen LogP contribution in [0, 0.1) is 6.92 Å². The van der Waals surface area contributed by atoms with Crippen molar-refractivity contribution < 1.29 is 8.83 Å². The number of hydrogen-bond acceptors (Lipinski definition) is 5. The van der Waals surface area contributed by atoms with E-state index in [4.69, 9.17) is 13.8 Å². The molecule has 0 amide bonds. The van der Waals surface area contributed by atoms with Crippen LogP contribution in [0.25, 0.3) is 33.4 Å². The maximum absolute atomic E-state index is 7.42. The highest BCUT2D eigenvalue weighted by molar-refractivity contribution is 6.99. The fraction of sp³-hybridized carbons (Fsp3) is 0.391. The first-order valence-corrected chi connectivity index (χ1v) is 25.6. The van der Waals surface area contributed by atoms with Gasteiger partial charge in [0.05, 0.1) is 5.59 Å². The highest BCUT2D eigenvalue weighted by Crippen LogP contribution is 2.49. The van der Waals surface area contributed by atoms with Crippen molar-refractivity contribution >= 4 is 79.5 Å². The molecule has 5 nitrogen and oxygen atoms in total. The number of nitrogens with zero attached hydrogens (tertiary/aromatic N) is 3. The summed E-state index contributed by atoms with van der Waals surface area (Å²) in [7, 11) is 0. The van der Waals surface area contributed by atoms with Crippen molar-refractivity contribution in [2.24, 2.45) is 0 Å². The van der Waals surface area contributed by atoms with Gasteiger partial charge < -0.3 is 13.7 Å². The van der Waals surface area contributed by atoms with Crippen LogP contribution in [-0.4, -0.2) is 11.7 Å². The second-order valence-electron chi connectivity index (χ2n) is 26.9. The zero-order valence-electron chi connectivity index (χ0n) is 45.6. The molecule has 0 spiro atoms. The molecule has 360 valence electrons. The number of anilines is 6. The van der Waals surface area contributed by atoms with Crippen LogP contribution in [0.5, 0.6) is 0 Å². The minimum absolute atomic E-state index is 0.00711. The van der Waals surface area contributed by atoms with E-state index in [1.54, 1.807) is 0 Å². The van der Waals surface area contributed by atoms with Gasteiger partial charge >= 0.3 is 0 Å². The fourth-order valence-corrected chi connectivity index (χ4v) is 10.5. The summed E-state index contributed by atoms with van der Waals surface area (Å²) in [5.41, 5.74) is 20.2. The molecular formula is C64H74BN3O2. The lowest BCUT2D eigenvalue weighted by molar-refractivity contribution is 0.566. The van der Waals surface area contributed by atoms with Gasteiger partial charge in [-0.1, -0.05) is 155 Å². The van der Waals surface area contributed by atoms with Crippen LogP contribution in [0.2, 0.25) is 0 Å². The number of rotatable bonds is 3. The summed E-state index contributed by atoms with van der Waals surface area (Å²) in [4.78, 5) is 10.7. The Morgan fingerprint density at radius 1 is 0.414 bits per heavy atom. The quantitative estimate of drug-likeness (QED) is 0.165. The third kappa shape index (κ3) is 8.08. The molecule has 0 saturated heterocycles. The number of aryl methyl sites for hydroxylation is 1. The number of fused-ring (bicyclic) bond motifs is 7. The molecule has 6 aromatic carbocycles. The normalized spacial score (nSPS) is 14.4. The van der Waals surface area contributed by atoms with Crippen LogP contribution in [0.15, 0.2) is 112 Å². The van der Waals surface area contributed by atoms with Gasteiger partial charge in [0, 0.05) is 44.8 Å². The molecule has 2 aliphatic heterocycles. The summed E-state index contributed by atoms with van der Waals surface area (Å²) < 4.78 is 13.9. The van der Waals surface area contributed by atoms with E-state index >= 15 is 0 Å². The van der Waals surface area contributed by atoms with Gasteiger partial charge in [0.15, 0.2) is 0 Å². The molecule has 2 aliphatic rings. The molecule has 0 saturated carbocycles. The van der Waals surface area contributed by atoms with E-state index in [-0.39, 0.29) is 39.2 Å². The topological polar surface area (TPSA) is 45.7 Å². The van der Waals surface area contributed by atoms with Gasteiger partial charge in [-0.3, -0.25) is 4.90 Å². The number of oxazole rings is 1. The first-order chi connectivity index (χ1) is 32.4. The maximum atomic E-state index is 7.42. The molecule has 0 N–H and O–H groups in total. The predicted octanol–water partition coefficient (Wildman–Crippen LogP) is 16.4. The Labute approximate surface area is 418 Å². The highest BCUT2D eigenvalue weighted by atomic mass is 16.4. The van der Waals surface area contributed by atoms with Crippen molar-refractivity contribution in [1.82, 2.24) is 4.98 Å². The van der Waals surface area contributed by atoms with Crippen molar-refractivity contribution in [1.29, 1.82) is 0 Å². The van der Waals surface area contributed by atoms with Crippen molar-refractivity contribution in [3.05, 3.63) is 142 Å². The Hall–Kier alpha value is -6.01. The van der Waals surface area contributed by atoms with Gasteiger partial charge in [-0.25, -0.2) is 4.98 Å². The zero-order chi connectivity index (χ0) is 50.6. The Kier molecular flexibility index (Phi) is 10.6. The minimum atomic E-state index is -0.212. The van der Waals surface area contributed by atoms with Crippen molar-refractivity contribution in [3.63, 3.8) is 0 Å². The molecule has 2 aromatic heterocycles. The van der Waals surface area contributed by atoms with E-state index in [2.05, 4.69) is 244 Å². The van der Waals surface area contributed by atoms with Crippen LogP contribution < -0.4 is 26.3 Å². The first-order valence-electron chi connectivity index (χ1n) is 25.6. The molecule has 0 radical (unpaired) electrons. The van der Waals surface area contributed by atoms with Crippen LogP contribution in [0.1, 0.15) is 164 Å². The minimum Gasteiger partial charge on any atom is -0.456 e. The molecular weight excluding hydrogens is 854 g/mol. The molecule has 4 heterocycles. The van der Waals surface area contributed by atoms with E-state index in [9.17, 15) is 0 Å². The molecule has 0 fully saturated rings. The van der Waals surface area contributed by atoms with Crippen LogP contribution in [0.4, 0.5) is 34.3 Å². The summed E-state index contributed by atoms with van der Waals surface area (Å²) in [6, 6.07) is 39.5. The van der Waals surface area contributed by atoms with Gasteiger partial charge in [0.1, 0.15) is 11.2 Å². The zero-order valence-corrected chi connectivity index (χ0v) is 45.6. The third-order valence-electron chi connectivity index (χ3n) is 15.0. The van der Waals surface area contributed by atoms with Gasteiger partial charge in [-0.05, 0) is 162 Å². The Bertz CT molecular complexity index is 3350. The Balaban J connectivity index is 1.31. The molecule has 10 rings (SSSR count). The summed E-state index contributed by atoms with van der Waals surface area (Å²) in [5.74, 6) is 1.35. The SMILES string of the molecule is Cc1cc2c3c(c1)N(c1cc(C(C)(C)C)cc(C(C)(C)C)c1)c1oc(-c4ccc5oc6ccc(C(C)(C)C)cc6c5c4)nc1B3c1cc(C(C)(C)C)ccc1N2c1cc(C(C)(C)C)cc(C(C)(C)C)c1. The number of benzene rings is 6. The van der Waals surface area contributed by atoms with Crippen LogP contribution in [0.3, 0.4) is 0 Å². The molecule has 0 aliphatic carbocycles. The summed E-state index contributed by atoms with van der Waals surface area (Å²) in [5, 5.41) is 2.16. The lowest BCUT2D eigenvalue weighted by atomic mass is 9.35. The molecule has 70 heavy (non-hydrogen) atoms. The second-order valence-corrected chi connectivity index (χ2v) is 26.9. The standard InChI is InChI=1S/C64H74BN3O2/c1-37-26-51-55-52(27-37)68(46-33-43(63(14,15)16)30-44(34-46)64(17,18)19)58-56(66-57(70-58)38-20-24-53-47(28-38)48-35-39(59(2,3)4)22-25-54(48)69-53)65(55)49-36-40(60(5,6)7)21-23-50(49)67(51)45-31-41(61(8,9)10)29-42(32-45)62(11,12)13/h20-36H,1-19H3. The van der Waals surface area contributed by atoms with Crippen molar-refractivity contribution in [2.75, 3.05) is 9.80 Å². The Morgan fingerprint density at radius 2 is 0.857 bits per heavy atom. The molecule has 0 atom stereocenters. The van der Waals surface area contributed by atoms with E-state index in [1.807, 2.05) is 0 Å². The second kappa shape index (κ2) is 15.5. The number of furan rings is 1. The number of hydrogen-bond donors (Lipinski definition) is 0. The third-order valence-corrected chi connectivity index (χ3v) is 15.0. The van der Waals surface area contributed by atoms with Gasteiger partial charge in [0.25, 0.3) is 6.71 Å². The van der Waals surface area contributed by atoms with Gasteiger partial charge in [-0.2, -0.15) is 0 Å². The smallest absolute Gasteiger partial charge is 0.279 e. The fourth-order valence-electron chi connectivity index (χ4n) is 10.5. The van der Waals surface area contributed by atoms with Crippen LogP contribution >= 0.6 is 0 Å². The number of aromatic nitrogens is 1. The molecule has 8 aromatic rings. The van der Waals surface area contributed by atoms with E-state index in [0.717, 1.165) is 50.4 Å².